The molecule has 2 atom stereocenters. The predicted octanol–water partition coefficient (Wildman–Crippen LogP) is 6.91. The molecule has 0 spiro atoms. The van der Waals surface area contributed by atoms with Gasteiger partial charge in [0.2, 0.25) is 0 Å². The van der Waals surface area contributed by atoms with Gasteiger partial charge >= 0.3 is 5.97 Å². The monoisotopic (exact) mass is 334 g/mol. The van der Waals surface area contributed by atoms with Crippen molar-refractivity contribution < 1.29 is 9.90 Å². The molecular weight excluding hydrogens is 296 g/mol. The second kappa shape index (κ2) is 13.3. The summed E-state index contributed by atoms with van der Waals surface area (Å²) in [5.74, 6) is 0.646. The lowest BCUT2D eigenvalue weighted by molar-refractivity contribution is -0.137. The molecule has 0 heterocycles. The highest BCUT2D eigenvalue weighted by atomic mass is 16.4. The Morgan fingerprint density at radius 1 is 1.21 bits per heavy atom. The van der Waals surface area contributed by atoms with Crippen molar-refractivity contribution in [3.63, 3.8) is 0 Å². The quantitative estimate of drug-likeness (QED) is 0.277. The first-order chi connectivity index (χ1) is 11.6. The summed E-state index contributed by atoms with van der Waals surface area (Å²) in [6.07, 6.45) is 22.4. The lowest BCUT2D eigenvalue weighted by Crippen LogP contribution is -2.06. The Labute approximate surface area is 149 Å². The summed E-state index contributed by atoms with van der Waals surface area (Å²) in [6, 6.07) is 0. The Kier molecular flexibility index (Phi) is 11.6. The summed E-state index contributed by atoms with van der Waals surface area (Å²) in [5.41, 5.74) is 1.63. The number of carboxylic acids is 1. The molecule has 0 radical (unpaired) electrons. The molecule has 0 aromatic heterocycles. The van der Waals surface area contributed by atoms with Gasteiger partial charge < -0.3 is 5.11 Å². The van der Waals surface area contributed by atoms with E-state index in [4.69, 9.17) is 5.11 Å². The molecular formula is C22H38O2. The van der Waals surface area contributed by atoms with Crippen LogP contribution in [0.5, 0.6) is 0 Å². The summed E-state index contributed by atoms with van der Waals surface area (Å²) >= 11 is 0. The van der Waals surface area contributed by atoms with E-state index in [1.165, 1.54) is 57.8 Å². The van der Waals surface area contributed by atoms with Crippen LogP contribution in [-0.2, 0) is 4.79 Å². The summed E-state index contributed by atoms with van der Waals surface area (Å²) in [7, 11) is 0. The molecule has 1 unspecified atom stereocenters. The van der Waals surface area contributed by atoms with Crippen LogP contribution < -0.4 is 0 Å². The maximum Gasteiger partial charge on any atom is 0.303 e. The van der Waals surface area contributed by atoms with E-state index in [9.17, 15) is 4.79 Å². The highest BCUT2D eigenvalue weighted by molar-refractivity contribution is 5.66. The highest BCUT2D eigenvalue weighted by Crippen LogP contribution is 2.34. The van der Waals surface area contributed by atoms with E-state index in [1.807, 2.05) is 0 Å². The average molecular weight is 335 g/mol. The Bertz CT molecular complexity index is 395. The summed E-state index contributed by atoms with van der Waals surface area (Å²) in [6.45, 7) is 4.61. The smallest absolute Gasteiger partial charge is 0.303 e. The molecule has 0 aromatic rings. The first-order valence-electron chi connectivity index (χ1n) is 10.2. The first kappa shape index (κ1) is 21.0. The fraction of sp³-hybridized carbons (Fsp3) is 0.773. The van der Waals surface area contributed by atoms with Crippen molar-refractivity contribution >= 4 is 5.97 Å². The van der Waals surface area contributed by atoms with E-state index in [0.29, 0.717) is 18.3 Å². The number of aliphatic carboxylic acids is 1. The van der Waals surface area contributed by atoms with Gasteiger partial charge in [-0.3, -0.25) is 4.79 Å². The van der Waals surface area contributed by atoms with Crippen LogP contribution >= 0.6 is 0 Å². The minimum atomic E-state index is -0.665. The summed E-state index contributed by atoms with van der Waals surface area (Å²) < 4.78 is 0. The van der Waals surface area contributed by atoms with Crippen LogP contribution in [0.2, 0.25) is 0 Å². The molecule has 24 heavy (non-hydrogen) atoms. The zero-order chi connectivity index (χ0) is 17.6. The second-order valence-corrected chi connectivity index (χ2v) is 7.41. The molecule has 1 N–H and O–H groups in total. The van der Waals surface area contributed by atoms with E-state index in [1.54, 1.807) is 5.57 Å². The number of hydrogen-bond acceptors (Lipinski definition) is 1. The van der Waals surface area contributed by atoms with Crippen LogP contribution in [0, 0.1) is 11.8 Å². The zero-order valence-electron chi connectivity index (χ0n) is 15.9. The van der Waals surface area contributed by atoms with Gasteiger partial charge in [0.15, 0.2) is 0 Å². The van der Waals surface area contributed by atoms with Crippen molar-refractivity contribution in [1.82, 2.24) is 0 Å². The van der Waals surface area contributed by atoms with E-state index >= 15 is 0 Å². The van der Waals surface area contributed by atoms with E-state index in [-0.39, 0.29) is 0 Å². The van der Waals surface area contributed by atoms with Gasteiger partial charge in [-0.05, 0) is 50.4 Å². The van der Waals surface area contributed by atoms with Gasteiger partial charge in [-0.25, -0.2) is 0 Å². The van der Waals surface area contributed by atoms with Gasteiger partial charge in [0.05, 0.1) is 0 Å². The molecule has 0 aliphatic heterocycles. The molecule has 0 saturated carbocycles. The average Bonchev–Trinajstić information content (AvgIpc) is 3.02. The van der Waals surface area contributed by atoms with E-state index in [2.05, 4.69) is 32.1 Å². The topological polar surface area (TPSA) is 37.3 Å². The second-order valence-electron chi connectivity index (χ2n) is 7.41. The normalized spacial score (nSPS) is 18.9. The van der Waals surface area contributed by atoms with Crippen LogP contribution in [0.4, 0.5) is 0 Å². The number of carbonyl (C=O) groups is 1. The van der Waals surface area contributed by atoms with Crippen molar-refractivity contribution in [2.24, 2.45) is 11.8 Å². The largest absolute Gasteiger partial charge is 0.481 e. The van der Waals surface area contributed by atoms with Crippen LogP contribution in [-0.4, -0.2) is 11.1 Å². The van der Waals surface area contributed by atoms with Gasteiger partial charge in [0.1, 0.15) is 0 Å². The van der Waals surface area contributed by atoms with Crippen molar-refractivity contribution in [2.45, 2.75) is 97.3 Å². The van der Waals surface area contributed by atoms with E-state index in [0.717, 1.165) is 19.3 Å². The number of unbranched alkanes of at least 4 members (excludes halogenated alkanes) is 7. The zero-order valence-corrected chi connectivity index (χ0v) is 15.9. The predicted molar refractivity (Wildman–Crippen MR) is 103 cm³/mol. The van der Waals surface area contributed by atoms with Crippen LogP contribution in [0.15, 0.2) is 23.8 Å². The fourth-order valence-electron chi connectivity index (χ4n) is 3.72. The number of hydrogen-bond donors (Lipinski definition) is 1. The molecule has 0 amide bonds. The maximum absolute atomic E-state index is 10.5. The Morgan fingerprint density at radius 3 is 2.71 bits per heavy atom. The SMILES string of the molecule is CCCCCCCC=C[C@H]1CCC=C1C(C)CCCCCC(=O)O. The molecule has 2 nitrogen and oxygen atoms in total. The molecule has 2 heteroatoms. The minimum Gasteiger partial charge on any atom is -0.481 e. The van der Waals surface area contributed by atoms with E-state index < -0.39 is 5.97 Å². The van der Waals surface area contributed by atoms with Crippen molar-refractivity contribution in [3.8, 4) is 0 Å². The Morgan fingerprint density at radius 2 is 1.96 bits per heavy atom. The Hall–Kier alpha value is -1.05. The first-order valence-corrected chi connectivity index (χ1v) is 10.2. The number of carboxylic acid groups (broad SMARTS) is 1. The third-order valence-electron chi connectivity index (χ3n) is 5.23. The van der Waals surface area contributed by atoms with Crippen molar-refractivity contribution in [2.75, 3.05) is 0 Å². The van der Waals surface area contributed by atoms with Gasteiger partial charge in [-0.2, -0.15) is 0 Å². The third kappa shape index (κ3) is 9.30. The van der Waals surface area contributed by atoms with Crippen molar-refractivity contribution in [1.29, 1.82) is 0 Å². The van der Waals surface area contributed by atoms with Gasteiger partial charge in [-0.1, -0.05) is 76.2 Å². The Balaban J connectivity index is 2.20. The maximum atomic E-state index is 10.5. The molecule has 0 aromatic carbocycles. The highest BCUT2D eigenvalue weighted by Gasteiger charge is 2.21. The van der Waals surface area contributed by atoms with Gasteiger partial charge in [0.25, 0.3) is 0 Å². The molecule has 1 aliphatic carbocycles. The number of rotatable bonds is 14. The molecule has 0 saturated heterocycles. The summed E-state index contributed by atoms with van der Waals surface area (Å²) in [5, 5.41) is 8.68. The molecule has 0 fully saturated rings. The summed E-state index contributed by atoms with van der Waals surface area (Å²) in [4.78, 5) is 10.5. The van der Waals surface area contributed by atoms with Crippen molar-refractivity contribution in [3.05, 3.63) is 23.8 Å². The third-order valence-corrected chi connectivity index (χ3v) is 5.23. The van der Waals surface area contributed by atoms with Crippen LogP contribution in [0.3, 0.4) is 0 Å². The van der Waals surface area contributed by atoms with Crippen LogP contribution in [0.25, 0.3) is 0 Å². The van der Waals surface area contributed by atoms with Gasteiger partial charge in [-0.15, -0.1) is 0 Å². The van der Waals surface area contributed by atoms with Gasteiger partial charge in [0, 0.05) is 6.42 Å². The molecule has 0 bridgehead atoms. The molecule has 1 aliphatic rings. The lowest BCUT2D eigenvalue weighted by Gasteiger charge is -2.18. The standard InChI is InChI=1S/C22H38O2/c1-3-4-5-6-7-8-11-15-20-16-13-17-21(20)19(2)14-10-9-12-18-22(23)24/h11,15,17,19-20H,3-10,12-14,16,18H2,1-2H3,(H,23,24)/t19?,20-/m0/s1. The lowest BCUT2D eigenvalue weighted by atomic mass is 9.87. The van der Waals surface area contributed by atoms with Crippen LogP contribution in [0.1, 0.15) is 97.3 Å². The minimum absolute atomic E-state index is 0.320. The molecule has 1 rings (SSSR count). The fourth-order valence-corrected chi connectivity index (χ4v) is 3.72. The molecule has 138 valence electrons. The number of allylic oxidation sites excluding steroid dienone is 4.